The predicted molar refractivity (Wildman–Crippen MR) is 82.0 cm³/mol. The third-order valence-corrected chi connectivity index (χ3v) is 5.73. The summed E-state index contributed by atoms with van der Waals surface area (Å²) >= 11 is 3.27. The van der Waals surface area contributed by atoms with Gasteiger partial charge >= 0.3 is 0 Å². The van der Waals surface area contributed by atoms with Gasteiger partial charge in [-0.3, -0.25) is 0 Å². The van der Waals surface area contributed by atoms with Crippen LogP contribution in [0.2, 0.25) is 0 Å². The number of hydrogen-bond acceptors (Lipinski definition) is 4. The summed E-state index contributed by atoms with van der Waals surface area (Å²) in [7, 11) is -3.56. The number of nitrogens with two attached hydrogens (primary N) is 1. The standard InChI is InChI=1S/C13H19BrN2O3S/c1-8-12(15)5-11(14)6-13(8)20(17,18)16-7-10-3-4-19-9(10)2/h5-6,9-10,16H,3-4,7,15H2,1-2H3. The van der Waals surface area contributed by atoms with Gasteiger partial charge in [-0.15, -0.1) is 0 Å². The zero-order valence-electron chi connectivity index (χ0n) is 11.5. The number of nitrogen functional groups attached to an aromatic ring is 1. The van der Waals surface area contributed by atoms with Crippen LogP contribution in [-0.2, 0) is 14.8 Å². The average Bonchev–Trinajstić information content (AvgIpc) is 2.77. The van der Waals surface area contributed by atoms with E-state index in [1.807, 2.05) is 6.92 Å². The van der Waals surface area contributed by atoms with Crippen LogP contribution in [0.15, 0.2) is 21.5 Å². The molecule has 1 aliphatic heterocycles. The highest BCUT2D eigenvalue weighted by Gasteiger charge is 2.27. The van der Waals surface area contributed by atoms with Gasteiger partial charge in [-0.1, -0.05) is 15.9 Å². The second kappa shape index (κ2) is 6.01. The molecular formula is C13H19BrN2O3S. The molecule has 3 N–H and O–H groups in total. The van der Waals surface area contributed by atoms with E-state index in [0.717, 1.165) is 6.42 Å². The van der Waals surface area contributed by atoms with Gasteiger partial charge in [-0.05, 0) is 38.0 Å². The number of sulfonamides is 1. The van der Waals surface area contributed by atoms with Crippen molar-refractivity contribution in [2.45, 2.75) is 31.3 Å². The van der Waals surface area contributed by atoms with Crippen LogP contribution in [0.5, 0.6) is 0 Å². The number of nitrogens with one attached hydrogen (secondary N) is 1. The van der Waals surface area contributed by atoms with Crippen molar-refractivity contribution in [3.05, 3.63) is 22.2 Å². The summed E-state index contributed by atoms with van der Waals surface area (Å²) in [6.45, 7) is 4.75. The van der Waals surface area contributed by atoms with Gasteiger partial charge < -0.3 is 10.5 Å². The lowest BCUT2D eigenvalue weighted by Crippen LogP contribution is -2.32. The monoisotopic (exact) mass is 362 g/mol. The summed E-state index contributed by atoms with van der Waals surface area (Å²) in [4.78, 5) is 0.218. The van der Waals surface area contributed by atoms with Gasteiger partial charge in [0.25, 0.3) is 0 Å². The van der Waals surface area contributed by atoms with Crippen molar-refractivity contribution in [3.63, 3.8) is 0 Å². The molecule has 20 heavy (non-hydrogen) atoms. The van der Waals surface area contributed by atoms with E-state index in [4.69, 9.17) is 10.5 Å². The van der Waals surface area contributed by atoms with E-state index in [-0.39, 0.29) is 16.9 Å². The predicted octanol–water partition coefficient (Wildman–Crippen LogP) is 2.04. The first kappa shape index (κ1) is 15.8. The Bertz CT molecular complexity index is 604. The van der Waals surface area contributed by atoms with Crippen LogP contribution in [0.3, 0.4) is 0 Å². The number of benzene rings is 1. The summed E-state index contributed by atoms with van der Waals surface area (Å²) in [6, 6.07) is 3.27. The highest BCUT2D eigenvalue weighted by atomic mass is 79.9. The Morgan fingerprint density at radius 3 is 2.80 bits per heavy atom. The summed E-state index contributed by atoms with van der Waals surface area (Å²) in [5.74, 6) is 0.217. The van der Waals surface area contributed by atoms with E-state index >= 15 is 0 Å². The smallest absolute Gasteiger partial charge is 0.240 e. The van der Waals surface area contributed by atoms with E-state index in [1.54, 1.807) is 19.1 Å². The molecule has 0 aliphatic carbocycles. The third kappa shape index (κ3) is 3.33. The van der Waals surface area contributed by atoms with Gasteiger partial charge in [0.2, 0.25) is 10.0 Å². The lowest BCUT2D eigenvalue weighted by atomic mass is 10.0. The Hall–Kier alpha value is -0.630. The maximum absolute atomic E-state index is 12.4. The zero-order valence-corrected chi connectivity index (χ0v) is 13.9. The zero-order chi connectivity index (χ0) is 14.9. The first-order valence-electron chi connectivity index (χ1n) is 6.48. The van der Waals surface area contributed by atoms with E-state index in [9.17, 15) is 8.42 Å². The second-order valence-electron chi connectivity index (χ2n) is 5.09. The molecule has 1 aromatic carbocycles. The van der Waals surface area contributed by atoms with Crippen molar-refractivity contribution < 1.29 is 13.2 Å². The largest absolute Gasteiger partial charge is 0.398 e. The topological polar surface area (TPSA) is 81.4 Å². The summed E-state index contributed by atoms with van der Waals surface area (Å²) in [5, 5.41) is 0. The first-order chi connectivity index (χ1) is 9.31. The molecule has 2 atom stereocenters. The number of rotatable bonds is 4. The molecular weight excluding hydrogens is 344 g/mol. The van der Waals surface area contributed by atoms with Crippen molar-refractivity contribution in [2.24, 2.45) is 5.92 Å². The molecule has 0 spiro atoms. The molecule has 1 saturated heterocycles. The van der Waals surface area contributed by atoms with Crippen LogP contribution in [0.4, 0.5) is 5.69 Å². The van der Waals surface area contributed by atoms with Crippen LogP contribution >= 0.6 is 15.9 Å². The maximum atomic E-state index is 12.4. The first-order valence-corrected chi connectivity index (χ1v) is 8.76. The number of anilines is 1. The van der Waals surface area contributed by atoms with Crippen LogP contribution in [0, 0.1) is 12.8 Å². The molecule has 0 radical (unpaired) electrons. The number of ether oxygens (including phenoxy) is 1. The number of hydrogen-bond donors (Lipinski definition) is 2. The fourth-order valence-corrected chi connectivity index (χ4v) is 4.31. The lowest BCUT2D eigenvalue weighted by molar-refractivity contribution is 0.107. The fourth-order valence-electron chi connectivity index (χ4n) is 2.29. The molecule has 1 fully saturated rings. The van der Waals surface area contributed by atoms with E-state index in [2.05, 4.69) is 20.7 Å². The lowest BCUT2D eigenvalue weighted by Gasteiger charge is -2.16. The van der Waals surface area contributed by atoms with Crippen molar-refractivity contribution in [1.29, 1.82) is 0 Å². The van der Waals surface area contributed by atoms with Crippen molar-refractivity contribution in [3.8, 4) is 0 Å². The Labute approximate surface area is 128 Å². The van der Waals surface area contributed by atoms with Gasteiger partial charge in [-0.25, -0.2) is 13.1 Å². The molecule has 1 aliphatic rings. The van der Waals surface area contributed by atoms with Crippen molar-refractivity contribution in [1.82, 2.24) is 4.72 Å². The normalized spacial score (nSPS) is 23.1. The molecule has 7 heteroatoms. The molecule has 0 saturated carbocycles. The molecule has 1 aromatic rings. The summed E-state index contributed by atoms with van der Waals surface area (Å²) in [5.41, 5.74) is 6.84. The molecule has 0 bridgehead atoms. The molecule has 1 heterocycles. The highest BCUT2D eigenvalue weighted by molar-refractivity contribution is 9.10. The van der Waals surface area contributed by atoms with Gasteiger partial charge in [0, 0.05) is 29.2 Å². The fraction of sp³-hybridized carbons (Fsp3) is 0.538. The van der Waals surface area contributed by atoms with Crippen molar-refractivity contribution in [2.75, 3.05) is 18.9 Å². The molecule has 2 rings (SSSR count). The summed E-state index contributed by atoms with van der Waals surface area (Å²) < 4.78 is 33.5. The number of halogens is 1. The SMILES string of the molecule is Cc1c(N)cc(Br)cc1S(=O)(=O)NCC1CCOC1C. The minimum atomic E-state index is -3.56. The van der Waals surface area contributed by atoms with Crippen molar-refractivity contribution >= 4 is 31.6 Å². The van der Waals surface area contributed by atoms with Crippen LogP contribution in [0.25, 0.3) is 0 Å². The van der Waals surface area contributed by atoms with Crippen LogP contribution in [-0.4, -0.2) is 27.7 Å². The van der Waals surface area contributed by atoms with Gasteiger partial charge in [-0.2, -0.15) is 0 Å². The quantitative estimate of drug-likeness (QED) is 0.803. The Morgan fingerprint density at radius 2 is 2.20 bits per heavy atom. The minimum Gasteiger partial charge on any atom is -0.398 e. The minimum absolute atomic E-state index is 0.0892. The average molecular weight is 363 g/mol. The Balaban J connectivity index is 2.18. The molecule has 0 amide bonds. The van der Waals surface area contributed by atoms with E-state index in [1.165, 1.54) is 0 Å². The Morgan fingerprint density at radius 1 is 1.50 bits per heavy atom. The third-order valence-electron chi connectivity index (χ3n) is 3.72. The van der Waals surface area contributed by atoms with Crippen LogP contribution < -0.4 is 10.5 Å². The van der Waals surface area contributed by atoms with Gasteiger partial charge in [0.05, 0.1) is 11.0 Å². The van der Waals surface area contributed by atoms with Gasteiger partial charge in [0.1, 0.15) is 0 Å². The Kier molecular flexibility index (Phi) is 4.73. The summed E-state index contributed by atoms with van der Waals surface area (Å²) in [6.07, 6.45) is 0.968. The molecule has 2 unspecified atom stereocenters. The van der Waals surface area contributed by atoms with Crippen LogP contribution in [0.1, 0.15) is 18.9 Å². The molecule has 5 nitrogen and oxygen atoms in total. The second-order valence-corrected chi connectivity index (χ2v) is 7.75. The van der Waals surface area contributed by atoms with E-state index < -0.39 is 10.0 Å². The molecule has 0 aromatic heterocycles. The van der Waals surface area contributed by atoms with Gasteiger partial charge in [0.15, 0.2) is 0 Å². The maximum Gasteiger partial charge on any atom is 0.240 e. The molecule has 112 valence electrons. The highest BCUT2D eigenvalue weighted by Crippen LogP contribution is 2.27. The van der Waals surface area contributed by atoms with E-state index in [0.29, 0.717) is 28.9 Å².